The van der Waals surface area contributed by atoms with Gasteiger partial charge in [-0.3, -0.25) is 9.69 Å². The van der Waals surface area contributed by atoms with Crippen molar-refractivity contribution >= 4 is 15.8 Å². The molecule has 0 saturated carbocycles. The lowest BCUT2D eigenvalue weighted by molar-refractivity contribution is -0.124. The van der Waals surface area contributed by atoms with Crippen LogP contribution in [0.2, 0.25) is 0 Å². The fourth-order valence-electron chi connectivity index (χ4n) is 1.53. The first-order valence-electron chi connectivity index (χ1n) is 3.80. The average Bonchev–Trinajstić information content (AvgIpc) is 1.98. The number of nitrogens with zero attached hydrogens (tertiary/aromatic N) is 2. The monoisotopic (exact) mass is 190 g/mol. The smallest absolute Gasteiger partial charge is 0.216 e. The van der Waals surface area contributed by atoms with Crippen LogP contribution in [0.4, 0.5) is 0 Å². The van der Waals surface area contributed by atoms with Crippen molar-refractivity contribution in [3.63, 3.8) is 0 Å². The van der Waals surface area contributed by atoms with Crippen molar-refractivity contribution in [1.29, 1.82) is 0 Å². The summed E-state index contributed by atoms with van der Waals surface area (Å²) in [5, 5.41) is 0. The van der Waals surface area contributed by atoms with E-state index in [1.165, 1.54) is 4.31 Å². The number of Topliss-reactive ketones (excluding diaryl/α,β-unsaturated/α-hetero) is 1. The van der Waals surface area contributed by atoms with Gasteiger partial charge in [-0.15, -0.1) is 0 Å². The highest BCUT2D eigenvalue weighted by atomic mass is 32.2. The summed E-state index contributed by atoms with van der Waals surface area (Å²) in [6.07, 6.45) is 0. The Bertz CT molecular complexity index is 311. The highest BCUT2D eigenvalue weighted by Gasteiger charge is 2.35. The molecule has 2 aliphatic rings. The van der Waals surface area contributed by atoms with Gasteiger partial charge in [0.1, 0.15) is 0 Å². The molecule has 6 heteroatoms. The minimum Gasteiger partial charge on any atom is -0.297 e. The van der Waals surface area contributed by atoms with Crippen LogP contribution < -0.4 is 0 Å². The summed E-state index contributed by atoms with van der Waals surface area (Å²) in [6.45, 7) is 1.36. The second-order valence-corrected chi connectivity index (χ2v) is 5.25. The quantitative estimate of drug-likeness (QED) is 0.465. The molecule has 5 nitrogen and oxygen atoms in total. The molecular formula is C6H10N2O3S. The van der Waals surface area contributed by atoms with Crippen LogP contribution in [0.3, 0.4) is 0 Å². The molecule has 0 spiro atoms. The fourth-order valence-corrected chi connectivity index (χ4v) is 2.96. The summed E-state index contributed by atoms with van der Waals surface area (Å²) < 4.78 is 23.8. The van der Waals surface area contributed by atoms with E-state index in [0.717, 1.165) is 0 Å². The summed E-state index contributed by atoms with van der Waals surface area (Å²) in [4.78, 5) is 12.9. The number of hydrogen-bond acceptors (Lipinski definition) is 4. The van der Waals surface area contributed by atoms with Crippen molar-refractivity contribution in [3.8, 4) is 0 Å². The molecule has 2 unspecified atom stereocenters. The predicted octanol–water partition coefficient (Wildman–Crippen LogP) is -1.53. The van der Waals surface area contributed by atoms with E-state index >= 15 is 0 Å². The van der Waals surface area contributed by atoms with Crippen LogP contribution in [0.1, 0.15) is 0 Å². The van der Waals surface area contributed by atoms with E-state index in [1.54, 1.807) is 0 Å². The number of sulfonamides is 1. The second kappa shape index (κ2) is 2.51. The Labute approximate surface area is 71.0 Å². The third-order valence-corrected chi connectivity index (χ3v) is 3.90. The van der Waals surface area contributed by atoms with E-state index in [4.69, 9.17) is 0 Å². The molecule has 2 bridgehead atoms. The van der Waals surface area contributed by atoms with Crippen LogP contribution in [0.5, 0.6) is 0 Å². The maximum atomic E-state index is 11.3. The van der Waals surface area contributed by atoms with Gasteiger partial charge in [-0.25, -0.2) is 8.42 Å². The summed E-state index contributed by atoms with van der Waals surface area (Å²) >= 11 is 0. The zero-order valence-electron chi connectivity index (χ0n) is 6.56. The van der Waals surface area contributed by atoms with Crippen LogP contribution in [0, 0.1) is 0 Å². The molecule has 0 aromatic carbocycles. The maximum Gasteiger partial charge on any atom is 0.216 e. The van der Waals surface area contributed by atoms with E-state index < -0.39 is 10.0 Å². The van der Waals surface area contributed by atoms with Crippen molar-refractivity contribution in [1.82, 2.24) is 9.21 Å². The number of carbonyl (C=O) groups is 1. The summed E-state index contributed by atoms with van der Waals surface area (Å²) in [5.41, 5.74) is 0. The molecule has 0 amide bonds. The van der Waals surface area contributed by atoms with E-state index in [9.17, 15) is 13.2 Å². The molecule has 0 aromatic heterocycles. The first-order valence-corrected chi connectivity index (χ1v) is 5.41. The van der Waals surface area contributed by atoms with Gasteiger partial charge in [0.2, 0.25) is 10.0 Å². The first-order chi connectivity index (χ1) is 5.58. The average molecular weight is 190 g/mol. The number of carbonyl (C=O) groups excluding carboxylic acids is 1. The molecule has 12 heavy (non-hydrogen) atoms. The molecule has 2 fully saturated rings. The standard InChI is InChI=1S/C6H10N2O3S/c9-6-3-7-1-2-12(10,11)8(4-6)5-7/h1-5H2. The van der Waals surface area contributed by atoms with E-state index in [1.807, 2.05) is 4.90 Å². The molecule has 2 heterocycles. The number of fused-ring (bicyclic) bond motifs is 2. The Morgan fingerprint density at radius 3 is 2.75 bits per heavy atom. The van der Waals surface area contributed by atoms with Crippen molar-refractivity contribution in [2.75, 3.05) is 32.1 Å². The van der Waals surface area contributed by atoms with Gasteiger partial charge in [0, 0.05) is 6.54 Å². The summed E-state index contributed by atoms with van der Waals surface area (Å²) in [7, 11) is -3.12. The van der Waals surface area contributed by atoms with E-state index in [0.29, 0.717) is 19.8 Å². The van der Waals surface area contributed by atoms with Crippen molar-refractivity contribution in [3.05, 3.63) is 0 Å². The van der Waals surface area contributed by atoms with Crippen molar-refractivity contribution in [2.24, 2.45) is 0 Å². The Morgan fingerprint density at radius 2 is 2.00 bits per heavy atom. The van der Waals surface area contributed by atoms with E-state index in [-0.39, 0.29) is 18.1 Å². The second-order valence-electron chi connectivity index (χ2n) is 3.16. The minimum absolute atomic E-state index is 0.00970. The molecule has 0 N–H and O–H groups in total. The molecule has 0 radical (unpaired) electrons. The van der Waals surface area contributed by atoms with Crippen LogP contribution in [-0.4, -0.2) is 55.5 Å². The third kappa shape index (κ3) is 1.26. The van der Waals surface area contributed by atoms with Crippen molar-refractivity contribution < 1.29 is 13.2 Å². The van der Waals surface area contributed by atoms with Crippen LogP contribution in [-0.2, 0) is 14.8 Å². The predicted molar refractivity (Wildman–Crippen MR) is 41.9 cm³/mol. The Balaban J connectivity index is 2.27. The molecule has 2 rings (SSSR count). The Kier molecular flexibility index (Phi) is 1.71. The molecule has 2 saturated heterocycles. The zero-order valence-corrected chi connectivity index (χ0v) is 7.38. The van der Waals surface area contributed by atoms with Crippen molar-refractivity contribution in [2.45, 2.75) is 0 Å². The van der Waals surface area contributed by atoms with Gasteiger partial charge in [-0.2, -0.15) is 4.31 Å². The molecule has 0 aliphatic carbocycles. The van der Waals surface area contributed by atoms with Crippen LogP contribution in [0.25, 0.3) is 0 Å². The normalized spacial score (nSPS) is 39.5. The summed E-state index contributed by atoms with van der Waals surface area (Å²) in [5.74, 6) is 0.143. The molecule has 68 valence electrons. The van der Waals surface area contributed by atoms with Gasteiger partial charge in [-0.1, -0.05) is 0 Å². The third-order valence-electron chi connectivity index (χ3n) is 2.17. The summed E-state index contributed by atoms with van der Waals surface area (Å²) in [6, 6.07) is 0. The highest BCUT2D eigenvalue weighted by Crippen LogP contribution is 2.14. The largest absolute Gasteiger partial charge is 0.297 e. The Morgan fingerprint density at radius 1 is 1.25 bits per heavy atom. The lowest BCUT2D eigenvalue weighted by Gasteiger charge is -2.38. The minimum atomic E-state index is -3.12. The number of rotatable bonds is 0. The van der Waals surface area contributed by atoms with Gasteiger partial charge in [-0.05, 0) is 0 Å². The molecular weight excluding hydrogens is 180 g/mol. The molecule has 0 aromatic rings. The highest BCUT2D eigenvalue weighted by molar-refractivity contribution is 7.89. The molecule has 2 atom stereocenters. The topological polar surface area (TPSA) is 57.7 Å². The SMILES string of the molecule is O=C1CN2CCS(=O)(=O)N(C1)C2. The Hall–Kier alpha value is -0.460. The molecule has 2 aliphatic heterocycles. The van der Waals surface area contributed by atoms with Gasteiger partial charge in [0.25, 0.3) is 0 Å². The first kappa shape index (κ1) is 8.15. The maximum absolute atomic E-state index is 11.3. The fraction of sp³-hybridized carbons (Fsp3) is 0.833. The lowest BCUT2D eigenvalue weighted by Crippen LogP contribution is -2.58. The van der Waals surface area contributed by atoms with Crippen LogP contribution in [0.15, 0.2) is 0 Å². The van der Waals surface area contributed by atoms with Crippen LogP contribution >= 0.6 is 0 Å². The van der Waals surface area contributed by atoms with Gasteiger partial charge < -0.3 is 0 Å². The number of hydrogen-bond donors (Lipinski definition) is 0. The van der Waals surface area contributed by atoms with Gasteiger partial charge in [0.05, 0.1) is 25.5 Å². The van der Waals surface area contributed by atoms with Gasteiger partial charge >= 0.3 is 0 Å². The van der Waals surface area contributed by atoms with E-state index in [2.05, 4.69) is 0 Å². The zero-order chi connectivity index (χ0) is 8.77. The lowest BCUT2D eigenvalue weighted by atomic mass is 10.3. The van der Waals surface area contributed by atoms with Gasteiger partial charge in [0.15, 0.2) is 5.78 Å². The number of ketones is 1.